The van der Waals surface area contributed by atoms with Crippen LogP contribution < -0.4 is 15.8 Å². The van der Waals surface area contributed by atoms with Crippen molar-refractivity contribution < 1.29 is 29.3 Å². The molecule has 1 aliphatic heterocycles. The van der Waals surface area contributed by atoms with Gasteiger partial charge in [-0.05, 0) is 18.6 Å². The van der Waals surface area contributed by atoms with Crippen LogP contribution in [-0.4, -0.2) is 51.1 Å². The molecule has 37 heavy (non-hydrogen) atoms. The molecule has 0 saturated heterocycles. The van der Waals surface area contributed by atoms with Gasteiger partial charge in [0.25, 0.3) is 5.91 Å². The zero-order valence-corrected chi connectivity index (χ0v) is 21.7. The zero-order valence-electron chi connectivity index (χ0n) is 19.4. The second-order valence-electron chi connectivity index (χ2n) is 8.87. The van der Waals surface area contributed by atoms with Gasteiger partial charge in [-0.25, -0.2) is 0 Å². The molecule has 0 aromatic heterocycles. The van der Waals surface area contributed by atoms with Crippen LogP contribution >= 0.6 is 35.6 Å². The molecule has 0 fully saturated rings. The summed E-state index contributed by atoms with van der Waals surface area (Å²) >= 11 is 13.2. The molecule has 0 saturated carbocycles. The maximum atomic E-state index is 13.6. The van der Waals surface area contributed by atoms with Crippen LogP contribution in [0.2, 0.25) is 5.02 Å². The van der Waals surface area contributed by atoms with Crippen molar-refractivity contribution in [3.8, 4) is 5.75 Å². The lowest BCUT2D eigenvalue weighted by Gasteiger charge is -2.44. The molecule has 5 N–H and O–H groups in total. The number of amides is 1. The van der Waals surface area contributed by atoms with Crippen molar-refractivity contribution in [2.75, 3.05) is 7.11 Å². The SMILES string of the molecule is COc1ccc(Cl)c2c1C(=O)C1=C(O)C3C(=O)C(C(N)=O)=C(O)C(NC(=S)c4ccccc4)C3CC1S2. The molecule has 2 aromatic rings. The predicted molar refractivity (Wildman–Crippen MR) is 142 cm³/mol. The predicted octanol–water partition coefficient (Wildman–Crippen LogP) is 3.67. The number of allylic oxidation sites excluding steroid dienone is 1. The topological polar surface area (TPSA) is 139 Å². The van der Waals surface area contributed by atoms with Crippen LogP contribution in [0, 0.1) is 11.8 Å². The van der Waals surface area contributed by atoms with Gasteiger partial charge in [0, 0.05) is 21.6 Å². The smallest absolute Gasteiger partial charge is 0.255 e. The van der Waals surface area contributed by atoms with Gasteiger partial charge in [0.15, 0.2) is 11.6 Å². The number of Topliss-reactive ketones (excluding diaryl/α,β-unsaturated/α-hetero) is 2. The number of nitrogens with two attached hydrogens (primary N) is 1. The van der Waals surface area contributed by atoms with Crippen molar-refractivity contribution >= 4 is 58.0 Å². The highest BCUT2D eigenvalue weighted by atomic mass is 35.5. The van der Waals surface area contributed by atoms with Gasteiger partial charge in [0.1, 0.15) is 27.8 Å². The van der Waals surface area contributed by atoms with Gasteiger partial charge in [-0.2, -0.15) is 0 Å². The molecule has 1 amide bonds. The number of rotatable bonds is 4. The number of ketones is 2. The van der Waals surface area contributed by atoms with Crippen molar-refractivity contribution in [1.82, 2.24) is 5.32 Å². The normalized spacial score (nSPS) is 24.7. The number of carbonyl (C=O) groups excluding carboxylic acids is 3. The molecule has 8 nitrogen and oxygen atoms in total. The van der Waals surface area contributed by atoms with E-state index in [1.165, 1.54) is 18.9 Å². The number of benzene rings is 2. The Bertz CT molecular complexity index is 1440. The molecule has 3 aliphatic rings. The molecule has 0 radical (unpaired) electrons. The van der Waals surface area contributed by atoms with E-state index in [-0.39, 0.29) is 28.3 Å². The van der Waals surface area contributed by atoms with E-state index in [2.05, 4.69) is 5.32 Å². The molecular weight excluding hydrogens is 536 g/mol. The van der Waals surface area contributed by atoms with Gasteiger partial charge in [0.05, 0.1) is 35.2 Å². The van der Waals surface area contributed by atoms with Crippen LogP contribution in [-0.2, 0) is 9.59 Å². The lowest BCUT2D eigenvalue weighted by molar-refractivity contribution is -0.126. The Labute approximate surface area is 226 Å². The van der Waals surface area contributed by atoms with Crippen molar-refractivity contribution in [3.05, 3.63) is 81.3 Å². The van der Waals surface area contributed by atoms with Crippen LogP contribution in [0.1, 0.15) is 22.3 Å². The number of thiocarbonyl (C=S) groups is 1. The Kier molecular flexibility index (Phi) is 6.51. The summed E-state index contributed by atoms with van der Waals surface area (Å²) in [7, 11) is 1.42. The average molecular weight is 557 g/mol. The molecule has 4 unspecified atom stereocenters. The van der Waals surface area contributed by atoms with Crippen molar-refractivity contribution in [3.63, 3.8) is 0 Å². The van der Waals surface area contributed by atoms with Crippen LogP contribution in [0.4, 0.5) is 0 Å². The maximum Gasteiger partial charge on any atom is 0.255 e. The first-order valence-corrected chi connectivity index (χ1v) is 13.0. The molecule has 2 aromatic carbocycles. The number of halogens is 1. The van der Waals surface area contributed by atoms with Crippen molar-refractivity contribution in [2.45, 2.75) is 22.6 Å². The number of hydrogen-bond acceptors (Lipinski definition) is 8. The number of carbonyl (C=O) groups is 3. The van der Waals surface area contributed by atoms with E-state index in [9.17, 15) is 24.6 Å². The summed E-state index contributed by atoms with van der Waals surface area (Å²) in [6, 6.07) is 11.1. The molecule has 1 heterocycles. The van der Waals surface area contributed by atoms with E-state index in [0.29, 0.717) is 15.5 Å². The van der Waals surface area contributed by atoms with E-state index in [4.69, 9.17) is 34.3 Å². The molecule has 0 bridgehead atoms. The molecule has 0 spiro atoms. The van der Waals surface area contributed by atoms with Crippen LogP contribution in [0.3, 0.4) is 0 Å². The summed E-state index contributed by atoms with van der Waals surface area (Å²) in [5.41, 5.74) is 5.73. The minimum atomic E-state index is -1.28. The minimum Gasteiger partial charge on any atom is -0.511 e. The first-order chi connectivity index (χ1) is 17.6. The fourth-order valence-electron chi connectivity index (χ4n) is 5.25. The third-order valence-corrected chi connectivity index (χ3v) is 9.06. The second-order valence-corrected chi connectivity index (χ2v) is 10.9. The number of methoxy groups -OCH3 is 1. The maximum absolute atomic E-state index is 13.6. The Balaban J connectivity index is 1.63. The van der Waals surface area contributed by atoms with E-state index < -0.39 is 57.7 Å². The summed E-state index contributed by atoms with van der Waals surface area (Å²) in [6.45, 7) is 0. The molecule has 11 heteroatoms. The van der Waals surface area contributed by atoms with E-state index in [1.807, 2.05) is 6.07 Å². The summed E-state index contributed by atoms with van der Waals surface area (Å²) < 4.78 is 5.36. The Morgan fingerprint density at radius 2 is 1.86 bits per heavy atom. The third-order valence-electron chi connectivity index (χ3n) is 6.91. The third kappa shape index (κ3) is 4.00. The molecule has 4 atom stereocenters. The number of aliphatic hydroxyl groups excluding tert-OH is 2. The minimum absolute atomic E-state index is 0.0438. The quantitative estimate of drug-likeness (QED) is 0.328. The number of hydrogen-bond donors (Lipinski definition) is 4. The van der Waals surface area contributed by atoms with E-state index in [1.54, 1.807) is 36.4 Å². The number of fused-ring (bicyclic) bond motifs is 3. The van der Waals surface area contributed by atoms with E-state index >= 15 is 0 Å². The molecular formula is C26H21ClN2O6S2. The van der Waals surface area contributed by atoms with Gasteiger partial charge in [-0.1, -0.05) is 54.2 Å². The number of thioether (sulfide) groups is 1. The fraction of sp³-hybridized carbons (Fsp3) is 0.231. The van der Waals surface area contributed by atoms with Gasteiger partial charge in [-0.15, -0.1) is 11.8 Å². The van der Waals surface area contributed by atoms with Crippen molar-refractivity contribution in [1.29, 1.82) is 0 Å². The van der Waals surface area contributed by atoms with Crippen LogP contribution in [0.15, 0.2) is 70.0 Å². The summed E-state index contributed by atoms with van der Waals surface area (Å²) in [6.07, 6.45) is 0.199. The van der Waals surface area contributed by atoms with Crippen LogP contribution in [0.5, 0.6) is 5.75 Å². The number of aliphatic hydroxyl groups is 2. The standard InChI is InChI=1S/C26H21ClN2O6S2/c1-35-13-8-7-12(27)24-16(13)22(32)17-14(37-24)9-11-15(20(17)30)21(31)18(25(28)34)23(33)19(11)29-26(36)10-5-3-2-4-6-10/h2-8,11,14-15,19,30,33H,9H2,1H3,(H2,28,34)(H,29,36). The average Bonchev–Trinajstić information content (AvgIpc) is 2.87. The van der Waals surface area contributed by atoms with Crippen LogP contribution in [0.25, 0.3) is 0 Å². The Morgan fingerprint density at radius 1 is 1.16 bits per heavy atom. The van der Waals surface area contributed by atoms with Crippen molar-refractivity contribution in [2.24, 2.45) is 17.6 Å². The summed E-state index contributed by atoms with van der Waals surface area (Å²) in [5.74, 6) is -5.22. The fourth-order valence-corrected chi connectivity index (χ4v) is 7.24. The summed E-state index contributed by atoms with van der Waals surface area (Å²) in [5, 5.41) is 25.3. The molecule has 190 valence electrons. The molecule has 2 aliphatic carbocycles. The summed E-state index contributed by atoms with van der Waals surface area (Å²) in [4.78, 5) is 40.0. The number of primary amides is 1. The number of nitrogens with one attached hydrogen (secondary N) is 1. The van der Waals surface area contributed by atoms with E-state index in [0.717, 1.165) is 0 Å². The lowest BCUT2D eigenvalue weighted by atomic mass is 9.66. The lowest BCUT2D eigenvalue weighted by Crippen LogP contribution is -2.54. The van der Waals surface area contributed by atoms with Gasteiger partial charge in [-0.3, -0.25) is 14.4 Å². The highest BCUT2D eigenvalue weighted by molar-refractivity contribution is 8.00. The highest BCUT2D eigenvalue weighted by Gasteiger charge is 2.54. The largest absolute Gasteiger partial charge is 0.511 e. The zero-order chi connectivity index (χ0) is 26.6. The monoisotopic (exact) mass is 556 g/mol. The number of ether oxygens (including phenoxy) is 1. The van der Waals surface area contributed by atoms with Gasteiger partial charge >= 0.3 is 0 Å². The highest BCUT2D eigenvalue weighted by Crippen LogP contribution is 2.53. The first kappa shape index (κ1) is 25.3. The second kappa shape index (κ2) is 9.51. The first-order valence-electron chi connectivity index (χ1n) is 11.3. The molecule has 5 rings (SSSR count). The Morgan fingerprint density at radius 3 is 2.51 bits per heavy atom. The Hall–Kier alpha value is -3.34. The van der Waals surface area contributed by atoms with Gasteiger partial charge in [0.2, 0.25) is 0 Å². The van der Waals surface area contributed by atoms with Gasteiger partial charge < -0.3 is 26.0 Å².